The van der Waals surface area contributed by atoms with Crippen LogP contribution in [0, 0.1) is 0 Å². The van der Waals surface area contributed by atoms with E-state index in [0.29, 0.717) is 8.95 Å². The third kappa shape index (κ3) is 6.28. The van der Waals surface area contributed by atoms with Crippen molar-refractivity contribution in [1.82, 2.24) is 0 Å². The maximum Gasteiger partial charge on any atom is 0.596 e. The lowest BCUT2D eigenvalue weighted by Gasteiger charge is -2.19. The van der Waals surface area contributed by atoms with Crippen LogP contribution in [0.2, 0.25) is 0 Å². The smallest absolute Gasteiger partial charge is 0.395 e. The number of benzene rings is 2. The second kappa shape index (κ2) is 8.01. The fourth-order valence-corrected chi connectivity index (χ4v) is 5.12. The summed E-state index contributed by atoms with van der Waals surface area (Å²) in [4.78, 5) is 18.0. The van der Waals surface area contributed by atoms with Crippen molar-refractivity contribution in [3.05, 3.63) is 55.9 Å². The fourth-order valence-electron chi connectivity index (χ4n) is 1.48. The van der Waals surface area contributed by atoms with E-state index in [4.69, 9.17) is 18.8 Å². The highest BCUT2D eigenvalue weighted by Gasteiger charge is 2.40. The maximum atomic E-state index is 12.7. The van der Waals surface area contributed by atoms with Gasteiger partial charge in [0.15, 0.2) is 0 Å². The van der Waals surface area contributed by atoms with Gasteiger partial charge in [0.1, 0.15) is 11.5 Å². The number of phosphoric acid groups is 2. The van der Waals surface area contributed by atoms with Gasteiger partial charge in [-0.25, -0.2) is 9.13 Å². The van der Waals surface area contributed by atoms with E-state index in [1.165, 1.54) is 18.2 Å². The fraction of sp³-hybridized carbons (Fsp3) is 0. The van der Waals surface area contributed by atoms with E-state index in [9.17, 15) is 9.13 Å². The molecule has 0 bridgehead atoms. The van der Waals surface area contributed by atoms with Crippen molar-refractivity contribution in [2.24, 2.45) is 0 Å². The summed E-state index contributed by atoms with van der Waals surface area (Å²) in [5.41, 5.74) is 0. The predicted octanol–water partition coefficient (Wildman–Crippen LogP) is 5.65. The van der Waals surface area contributed by atoms with E-state index in [2.05, 4.69) is 52.1 Å². The van der Waals surface area contributed by atoms with Crippen LogP contribution >= 0.6 is 63.4 Å². The average Bonchev–Trinajstić information content (AvgIpc) is 2.42. The van der Waals surface area contributed by atoms with Crippen LogP contribution in [0.5, 0.6) is 11.5 Å². The Morgan fingerprint density at radius 2 is 1.42 bits per heavy atom. The summed E-state index contributed by atoms with van der Waals surface area (Å²) >= 11 is 9.65. The molecule has 0 heterocycles. The molecule has 0 amide bonds. The summed E-state index contributed by atoms with van der Waals surface area (Å²) in [6.45, 7) is 0. The Morgan fingerprint density at radius 1 is 0.833 bits per heavy atom. The summed E-state index contributed by atoms with van der Waals surface area (Å²) in [7, 11) is -9.81. The SMILES string of the molecule is O=P(O)(O)OP(=O)(Oc1ccc(Br)cc1)Oc1ccc(Br)cc1Br. The molecule has 0 aliphatic heterocycles. The van der Waals surface area contributed by atoms with Gasteiger partial charge < -0.3 is 18.8 Å². The van der Waals surface area contributed by atoms with Crippen molar-refractivity contribution in [1.29, 1.82) is 0 Å². The van der Waals surface area contributed by atoms with Crippen LogP contribution in [0.3, 0.4) is 0 Å². The standard InChI is InChI=1S/C12H9Br3O7P2/c13-8-1-4-10(5-2-8)20-24(19,22-23(16,17)18)21-12-6-3-9(14)7-11(12)15/h1-7H,(H2,16,17,18). The number of hydrogen-bond acceptors (Lipinski definition) is 5. The molecule has 0 spiro atoms. The molecule has 1 atom stereocenters. The zero-order valence-corrected chi connectivity index (χ0v) is 18.1. The largest absolute Gasteiger partial charge is 0.596 e. The van der Waals surface area contributed by atoms with Gasteiger partial charge in [-0.05, 0) is 58.4 Å². The molecule has 2 rings (SSSR count). The van der Waals surface area contributed by atoms with Gasteiger partial charge in [-0.1, -0.05) is 31.9 Å². The molecule has 0 aromatic heterocycles. The van der Waals surface area contributed by atoms with E-state index in [0.717, 1.165) is 4.47 Å². The molecule has 0 radical (unpaired) electrons. The first-order valence-electron chi connectivity index (χ1n) is 6.03. The van der Waals surface area contributed by atoms with Gasteiger partial charge in [-0.2, -0.15) is 4.31 Å². The number of phosphoric ester groups is 1. The minimum atomic E-state index is -5.14. The van der Waals surface area contributed by atoms with E-state index >= 15 is 0 Å². The van der Waals surface area contributed by atoms with Crippen molar-refractivity contribution >= 4 is 63.4 Å². The summed E-state index contributed by atoms with van der Waals surface area (Å²) in [6, 6.07) is 10.6. The minimum Gasteiger partial charge on any atom is -0.395 e. The van der Waals surface area contributed by atoms with Crippen LogP contribution in [0.15, 0.2) is 55.9 Å². The molecule has 0 saturated carbocycles. The Balaban J connectivity index is 2.33. The van der Waals surface area contributed by atoms with Crippen LogP contribution in [-0.4, -0.2) is 9.79 Å². The third-order valence-corrected chi connectivity index (χ3v) is 6.49. The molecule has 1 unspecified atom stereocenters. The number of rotatable bonds is 6. The monoisotopic (exact) mass is 564 g/mol. The van der Waals surface area contributed by atoms with E-state index in [-0.39, 0.29) is 11.5 Å². The first kappa shape index (κ1) is 20.1. The Morgan fingerprint density at radius 3 is 1.96 bits per heavy atom. The zero-order chi connectivity index (χ0) is 18.0. The first-order valence-corrected chi connectivity index (χ1v) is 11.4. The third-order valence-electron chi connectivity index (χ3n) is 2.34. The van der Waals surface area contributed by atoms with Crippen molar-refractivity contribution in [3.63, 3.8) is 0 Å². The molecule has 0 aliphatic rings. The Bertz CT molecular complexity index is 822. The van der Waals surface area contributed by atoms with Gasteiger partial charge in [0.2, 0.25) is 0 Å². The van der Waals surface area contributed by atoms with Crippen molar-refractivity contribution in [3.8, 4) is 11.5 Å². The molecule has 2 aromatic carbocycles. The van der Waals surface area contributed by atoms with Crippen molar-refractivity contribution < 1.29 is 32.3 Å². The summed E-state index contributed by atoms with van der Waals surface area (Å²) in [5.74, 6) is 0.0651. The molecule has 0 aliphatic carbocycles. The topological polar surface area (TPSA) is 102 Å². The molecule has 2 N–H and O–H groups in total. The van der Waals surface area contributed by atoms with Gasteiger partial charge in [0.05, 0.1) is 4.47 Å². The summed E-state index contributed by atoms with van der Waals surface area (Å²) in [5, 5.41) is 0. The van der Waals surface area contributed by atoms with E-state index in [1.807, 2.05) is 0 Å². The van der Waals surface area contributed by atoms with E-state index < -0.39 is 15.6 Å². The molecule has 24 heavy (non-hydrogen) atoms. The van der Waals surface area contributed by atoms with Crippen LogP contribution in [0.1, 0.15) is 0 Å². The molecular weight excluding hydrogens is 558 g/mol. The second-order valence-electron chi connectivity index (χ2n) is 4.23. The minimum absolute atomic E-state index is 0.0205. The van der Waals surface area contributed by atoms with Crippen LogP contribution in [0.4, 0.5) is 0 Å². The highest BCUT2D eigenvalue weighted by molar-refractivity contribution is 9.11. The average molecular weight is 567 g/mol. The van der Waals surface area contributed by atoms with Gasteiger partial charge in [-0.3, -0.25) is 0 Å². The normalized spacial score (nSPS) is 14.0. The highest BCUT2D eigenvalue weighted by atomic mass is 79.9. The van der Waals surface area contributed by atoms with E-state index in [1.54, 1.807) is 24.3 Å². The predicted molar refractivity (Wildman–Crippen MR) is 98.0 cm³/mol. The molecule has 130 valence electrons. The Labute approximate surface area is 162 Å². The number of hydrogen-bond donors (Lipinski definition) is 2. The van der Waals surface area contributed by atoms with Crippen LogP contribution in [-0.2, 0) is 13.4 Å². The molecule has 0 saturated heterocycles. The molecule has 7 nitrogen and oxygen atoms in total. The highest BCUT2D eigenvalue weighted by Crippen LogP contribution is 2.61. The Kier molecular flexibility index (Phi) is 6.72. The van der Waals surface area contributed by atoms with Crippen LogP contribution in [0.25, 0.3) is 0 Å². The lowest BCUT2D eigenvalue weighted by Crippen LogP contribution is -2.04. The van der Waals surface area contributed by atoms with Gasteiger partial charge in [0, 0.05) is 8.95 Å². The van der Waals surface area contributed by atoms with Gasteiger partial charge in [0.25, 0.3) is 0 Å². The summed E-state index contributed by atoms with van der Waals surface area (Å²) < 4.78 is 40.2. The summed E-state index contributed by atoms with van der Waals surface area (Å²) in [6.07, 6.45) is 0. The molecule has 0 fully saturated rings. The zero-order valence-electron chi connectivity index (χ0n) is 11.5. The second-order valence-corrected chi connectivity index (χ2v) is 9.81. The lowest BCUT2D eigenvalue weighted by atomic mass is 10.3. The van der Waals surface area contributed by atoms with Gasteiger partial charge >= 0.3 is 15.6 Å². The van der Waals surface area contributed by atoms with Crippen molar-refractivity contribution in [2.75, 3.05) is 0 Å². The van der Waals surface area contributed by atoms with Crippen LogP contribution < -0.4 is 9.05 Å². The van der Waals surface area contributed by atoms with Crippen molar-refractivity contribution in [2.45, 2.75) is 0 Å². The maximum absolute atomic E-state index is 12.7. The van der Waals surface area contributed by atoms with Gasteiger partial charge in [-0.15, -0.1) is 0 Å². The molecule has 12 heteroatoms. The quantitative estimate of drug-likeness (QED) is 0.436. The molecule has 2 aromatic rings. The Hall–Kier alpha value is -0.180. The number of halogens is 3. The first-order chi connectivity index (χ1) is 11.1. The molecular formula is C12H9Br3O7P2. The lowest BCUT2D eigenvalue weighted by molar-refractivity contribution is 0.233.